The van der Waals surface area contributed by atoms with Gasteiger partial charge in [-0.25, -0.2) is 0 Å². The summed E-state index contributed by atoms with van der Waals surface area (Å²) in [5.41, 5.74) is 0.574. The quantitative estimate of drug-likeness (QED) is 0.855. The van der Waals surface area contributed by atoms with E-state index in [1.807, 2.05) is 13.8 Å². The van der Waals surface area contributed by atoms with Gasteiger partial charge in [0, 0.05) is 12.5 Å². The van der Waals surface area contributed by atoms with Crippen LogP contribution in [-0.4, -0.2) is 28.7 Å². The summed E-state index contributed by atoms with van der Waals surface area (Å²) in [7, 11) is 0. The molecular weight excluding hydrogens is 250 g/mol. The van der Waals surface area contributed by atoms with Crippen molar-refractivity contribution >= 4 is 17.4 Å². The lowest BCUT2D eigenvalue weighted by molar-refractivity contribution is 0.0940. The predicted molar refractivity (Wildman–Crippen MR) is 72.2 cm³/mol. The van der Waals surface area contributed by atoms with Crippen molar-refractivity contribution in [1.29, 1.82) is 0 Å². The molecule has 0 saturated carbocycles. The molecule has 1 fully saturated rings. The second kappa shape index (κ2) is 5.85. The van der Waals surface area contributed by atoms with Gasteiger partial charge in [0.2, 0.25) is 0 Å². The molecule has 0 amide bonds. The van der Waals surface area contributed by atoms with Gasteiger partial charge in [-0.2, -0.15) is 5.10 Å². The number of ketones is 1. The number of nitrogens with one attached hydrogen (secondary N) is 1. The van der Waals surface area contributed by atoms with Crippen LogP contribution in [0.25, 0.3) is 0 Å². The van der Waals surface area contributed by atoms with E-state index in [1.54, 1.807) is 10.9 Å². The molecule has 0 bridgehead atoms. The van der Waals surface area contributed by atoms with Gasteiger partial charge in [-0.15, -0.1) is 0 Å². The summed E-state index contributed by atoms with van der Waals surface area (Å²) in [4.78, 5) is 12.4. The van der Waals surface area contributed by atoms with E-state index in [0.29, 0.717) is 23.1 Å². The summed E-state index contributed by atoms with van der Waals surface area (Å²) in [6.07, 6.45) is 4.29. The van der Waals surface area contributed by atoms with E-state index >= 15 is 0 Å². The van der Waals surface area contributed by atoms with Crippen molar-refractivity contribution in [3.8, 4) is 0 Å². The highest BCUT2D eigenvalue weighted by atomic mass is 35.5. The smallest absolute Gasteiger partial charge is 0.182 e. The van der Waals surface area contributed by atoms with Crippen LogP contribution in [0.2, 0.25) is 5.02 Å². The van der Waals surface area contributed by atoms with Crippen molar-refractivity contribution in [1.82, 2.24) is 15.1 Å². The Morgan fingerprint density at radius 1 is 1.56 bits per heavy atom. The van der Waals surface area contributed by atoms with Gasteiger partial charge >= 0.3 is 0 Å². The maximum atomic E-state index is 12.4. The number of halogens is 1. The topological polar surface area (TPSA) is 46.9 Å². The number of carbonyl (C=O) groups excluding carboxylic acids is 1. The Morgan fingerprint density at radius 3 is 2.83 bits per heavy atom. The first-order chi connectivity index (χ1) is 8.59. The number of nitrogens with zero attached hydrogens (tertiary/aromatic N) is 2. The third-order valence-corrected chi connectivity index (χ3v) is 3.71. The van der Waals surface area contributed by atoms with Crippen molar-refractivity contribution in [2.45, 2.75) is 39.2 Å². The van der Waals surface area contributed by atoms with Crippen molar-refractivity contribution in [2.24, 2.45) is 5.92 Å². The van der Waals surface area contributed by atoms with E-state index in [2.05, 4.69) is 10.4 Å². The fourth-order valence-corrected chi connectivity index (χ4v) is 2.67. The fraction of sp³-hybridized carbons (Fsp3) is 0.692. The standard InChI is InChI=1S/C13H20ClN3O/c1-9(2)17-13(11(14)8-16-17)12(18)7-10-3-5-15-6-4-10/h8-10,15H,3-7H2,1-2H3. The molecule has 1 aliphatic heterocycles. The lowest BCUT2D eigenvalue weighted by Crippen LogP contribution is -2.29. The maximum Gasteiger partial charge on any atom is 0.182 e. The van der Waals surface area contributed by atoms with Gasteiger partial charge in [0.1, 0.15) is 5.69 Å². The molecule has 1 aliphatic rings. The summed E-state index contributed by atoms with van der Waals surface area (Å²) in [6.45, 7) is 6.03. The van der Waals surface area contributed by atoms with Crippen molar-refractivity contribution in [2.75, 3.05) is 13.1 Å². The molecule has 0 atom stereocenters. The molecule has 1 aromatic heterocycles. The third-order valence-electron chi connectivity index (χ3n) is 3.44. The van der Waals surface area contributed by atoms with Crippen LogP contribution in [0.3, 0.4) is 0 Å². The molecule has 100 valence electrons. The average Bonchev–Trinajstić information content (AvgIpc) is 2.72. The highest BCUT2D eigenvalue weighted by molar-refractivity contribution is 6.33. The Morgan fingerprint density at radius 2 is 2.22 bits per heavy atom. The zero-order valence-corrected chi connectivity index (χ0v) is 11.7. The van der Waals surface area contributed by atoms with Crippen LogP contribution in [0.5, 0.6) is 0 Å². The van der Waals surface area contributed by atoms with E-state index in [0.717, 1.165) is 25.9 Å². The molecule has 0 radical (unpaired) electrons. The first kappa shape index (κ1) is 13.6. The molecular formula is C13H20ClN3O. The fourth-order valence-electron chi connectivity index (χ4n) is 2.44. The summed E-state index contributed by atoms with van der Waals surface area (Å²) >= 11 is 6.09. The number of hydrogen-bond donors (Lipinski definition) is 1. The average molecular weight is 270 g/mol. The van der Waals surface area contributed by atoms with Crippen LogP contribution >= 0.6 is 11.6 Å². The molecule has 1 aromatic rings. The Hall–Kier alpha value is -0.870. The van der Waals surface area contributed by atoms with Gasteiger partial charge < -0.3 is 5.32 Å². The molecule has 0 aliphatic carbocycles. The molecule has 0 spiro atoms. The highest BCUT2D eigenvalue weighted by Gasteiger charge is 2.23. The Bertz CT molecular complexity index is 422. The zero-order chi connectivity index (χ0) is 13.1. The molecule has 5 heteroatoms. The first-order valence-corrected chi connectivity index (χ1v) is 6.94. The number of carbonyl (C=O) groups is 1. The lowest BCUT2D eigenvalue weighted by atomic mass is 9.92. The molecule has 1 N–H and O–H groups in total. The Balaban J connectivity index is 2.10. The van der Waals surface area contributed by atoms with Gasteiger partial charge in [0.05, 0.1) is 11.2 Å². The number of piperidine rings is 1. The predicted octanol–water partition coefficient (Wildman–Crippen LogP) is 2.69. The van der Waals surface area contributed by atoms with Crippen molar-refractivity contribution in [3.63, 3.8) is 0 Å². The van der Waals surface area contributed by atoms with Gasteiger partial charge in [-0.3, -0.25) is 9.48 Å². The molecule has 2 rings (SSSR count). The highest BCUT2D eigenvalue weighted by Crippen LogP contribution is 2.24. The van der Waals surface area contributed by atoms with Gasteiger partial charge in [-0.05, 0) is 45.7 Å². The minimum Gasteiger partial charge on any atom is -0.317 e. The van der Waals surface area contributed by atoms with Gasteiger partial charge in [0.25, 0.3) is 0 Å². The van der Waals surface area contributed by atoms with Crippen molar-refractivity contribution in [3.05, 3.63) is 16.9 Å². The molecule has 18 heavy (non-hydrogen) atoms. The minimum absolute atomic E-state index is 0.123. The molecule has 4 nitrogen and oxygen atoms in total. The van der Waals surface area contributed by atoms with Gasteiger partial charge in [0.15, 0.2) is 5.78 Å². The van der Waals surface area contributed by atoms with Crippen LogP contribution in [-0.2, 0) is 0 Å². The summed E-state index contributed by atoms with van der Waals surface area (Å²) < 4.78 is 1.73. The monoisotopic (exact) mass is 269 g/mol. The Kier molecular flexibility index (Phi) is 4.40. The first-order valence-electron chi connectivity index (χ1n) is 6.56. The molecule has 1 saturated heterocycles. The number of aromatic nitrogens is 2. The summed E-state index contributed by atoms with van der Waals surface area (Å²) in [5.74, 6) is 0.600. The summed E-state index contributed by atoms with van der Waals surface area (Å²) in [5, 5.41) is 7.96. The number of Topliss-reactive ketones (excluding diaryl/α,β-unsaturated/α-hetero) is 1. The van der Waals surface area contributed by atoms with Crippen LogP contribution in [0, 0.1) is 5.92 Å². The molecule has 0 unspecified atom stereocenters. The lowest BCUT2D eigenvalue weighted by Gasteiger charge is -2.22. The van der Waals surface area contributed by atoms with E-state index < -0.39 is 0 Å². The molecule has 2 heterocycles. The third kappa shape index (κ3) is 2.93. The van der Waals surface area contributed by atoms with Gasteiger partial charge in [-0.1, -0.05) is 11.6 Å². The second-order valence-electron chi connectivity index (χ2n) is 5.20. The van der Waals surface area contributed by atoms with E-state index in [9.17, 15) is 4.79 Å². The zero-order valence-electron chi connectivity index (χ0n) is 10.9. The number of hydrogen-bond acceptors (Lipinski definition) is 3. The number of rotatable bonds is 4. The van der Waals surface area contributed by atoms with Crippen LogP contribution in [0.1, 0.15) is 49.6 Å². The van der Waals surface area contributed by atoms with Crippen LogP contribution in [0.15, 0.2) is 6.20 Å². The molecule has 0 aromatic carbocycles. The van der Waals surface area contributed by atoms with E-state index in [4.69, 9.17) is 11.6 Å². The van der Waals surface area contributed by atoms with Crippen LogP contribution in [0.4, 0.5) is 0 Å². The van der Waals surface area contributed by atoms with E-state index in [1.165, 1.54) is 0 Å². The Labute approximate surface area is 113 Å². The van der Waals surface area contributed by atoms with E-state index in [-0.39, 0.29) is 11.8 Å². The largest absolute Gasteiger partial charge is 0.317 e. The minimum atomic E-state index is 0.123. The van der Waals surface area contributed by atoms with Crippen molar-refractivity contribution < 1.29 is 4.79 Å². The SMILES string of the molecule is CC(C)n1ncc(Cl)c1C(=O)CC1CCNCC1. The maximum absolute atomic E-state index is 12.4. The normalized spacial score (nSPS) is 17.3. The second-order valence-corrected chi connectivity index (χ2v) is 5.61. The summed E-state index contributed by atoms with van der Waals surface area (Å²) in [6, 6.07) is 0.157. The van der Waals surface area contributed by atoms with Crippen LogP contribution < -0.4 is 5.32 Å².